The standard InChI is InChI=1S/C15H22Cl2O/c1-4-6-11(7-5-2)15(17)13-9-8-12(18-3)10-14(13)16/h8-11,15H,4-7H2,1-3H3. The summed E-state index contributed by atoms with van der Waals surface area (Å²) in [6.45, 7) is 4.39. The van der Waals surface area contributed by atoms with E-state index >= 15 is 0 Å². The molecule has 0 aliphatic carbocycles. The number of ether oxygens (including phenoxy) is 1. The normalized spacial score (nSPS) is 12.8. The summed E-state index contributed by atoms with van der Waals surface area (Å²) in [5.74, 6) is 1.27. The van der Waals surface area contributed by atoms with Gasteiger partial charge in [0, 0.05) is 5.02 Å². The first kappa shape index (κ1) is 15.7. The van der Waals surface area contributed by atoms with Gasteiger partial charge in [-0.3, -0.25) is 0 Å². The molecule has 0 saturated carbocycles. The van der Waals surface area contributed by atoms with Crippen molar-refractivity contribution in [1.82, 2.24) is 0 Å². The Kier molecular flexibility index (Phi) is 6.88. The number of rotatable bonds is 7. The molecule has 0 aliphatic rings. The molecule has 0 N–H and O–H groups in total. The molecule has 1 aromatic carbocycles. The first-order valence-corrected chi connectivity index (χ1v) is 7.42. The van der Waals surface area contributed by atoms with Crippen molar-refractivity contribution in [2.24, 2.45) is 5.92 Å². The molecule has 0 fully saturated rings. The van der Waals surface area contributed by atoms with Gasteiger partial charge in [-0.2, -0.15) is 0 Å². The van der Waals surface area contributed by atoms with Gasteiger partial charge in [0.15, 0.2) is 0 Å². The molecule has 0 aromatic heterocycles. The lowest BCUT2D eigenvalue weighted by molar-refractivity contribution is 0.412. The summed E-state index contributed by atoms with van der Waals surface area (Å²) in [7, 11) is 1.64. The minimum Gasteiger partial charge on any atom is -0.497 e. The molecule has 1 rings (SSSR count). The molecule has 0 bridgehead atoms. The van der Waals surface area contributed by atoms with Crippen LogP contribution in [0.5, 0.6) is 5.75 Å². The van der Waals surface area contributed by atoms with Gasteiger partial charge < -0.3 is 4.74 Å². The van der Waals surface area contributed by atoms with E-state index in [0.717, 1.165) is 37.0 Å². The van der Waals surface area contributed by atoms with Crippen LogP contribution in [0.2, 0.25) is 5.02 Å². The van der Waals surface area contributed by atoms with E-state index < -0.39 is 0 Å². The first-order valence-electron chi connectivity index (χ1n) is 6.61. The highest BCUT2D eigenvalue weighted by Crippen LogP contribution is 2.39. The third-order valence-corrected chi connectivity index (χ3v) is 4.16. The van der Waals surface area contributed by atoms with Crippen LogP contribution in [0, 0.1) is 5.92 Å². The predicted octanol–water partition coefficient (Wildman–Crippen LogP) is 5.84. The van der Waals surface area contributed by atoms with Crippen molar-refractivity contribution in [3.05, 3.63) is 28.8 Å². The lowest BCUT2D eigenvalue weighted by atomic mass is 9.90. The molecule has 102 valence electrons. The average Bonchev–Trinajstić information content (AvgIpc) is 2.37. The van der Waals surface area contributed by atoms with Crippen LogP contribution in [0.25, 0.3) is 0 Å². The predicted molar refractivity (Wildman–Crippen MR) is 79.9 cm³/mol. The Hall–Kier alpha value is -0.400. The molecular formula is C15H22Cl2O. The summed E-state index contributed by atoms with van der Waals surface area (Å²) in [4.78, 5) is 0. The number of alkyl halides is 1. The van der Waals surface area contributed by atoms with Gasteiger partial charge >= 0.3 is 0 Å². The Balaban J connectivity index is 2.89. The van der Waals surface area contributed by atoms with Gasteiger partial charge in [-0.1, -0.05) is 44.4 Å². The van der Waals surface area contributed by atoms with E-state index in [-0.39, 0.29) is 5.38 Å². The fourth-order valence-corrected chi connectivity index (χ4v) is 3.08. The number of halogens is 2. The SMILES string of the molecule is CCCC(CCC)C(Cl)c1ccc(OC)cc1Cl. The minimum atomic E-state index is -0.0108. The summed E-state index contributed by atoms with van der Waals surface area (Å²) in [6.07, 6.45) is 4.60. The molecule has 1 atom stereocenters. The van der Waals surface area contributed by atoms with Crippen LogP contribution < -0.4 is 4.74 Å². The van der Waals surface area contributed by atoms with Crippen molar-refractivity contribution in [2.75, 3.05) is 7.11 Å². The molecule has 0 heterocycles. The number of benzene rings is 1. The maximum Gasteiger partial charge on any atom is 0.120 e. The zero-order valence-electron chi connectivity index (χ0n) is 11.4. The monoisotopic (exact) mass is 288 g/mol. The van der Waals surface area contributed by atoms with Crippen molar-refractivity contribution in [3.8, 4) is 5.75 Å². The van der Waals surface area contributed by atoms with E-state index in [9.17, 15) is 0 Å². The molecule has 1 unspecified atom stereocenters. The van der Waals surface area contributed by atoms with Gasteiger partial charge in [0.1, 0.15) is 5.75 Å². The second kappa shape index (κ2) is 7.91. The van der Waals surface area contributed by atoms with Crippen molar-refractivity contribution < 1.29 is 4.74 Å². The second-order valence-corrected chi connectivity index (χ2v) is 5.50. The van der Waals surface area contributed by atoms with Gasteiger partial charge in [-0.25, -0.2) is 0 Å². The molecule has 0 saturated heterocycles. The Labute approximate surface area is 120 Å². The highest BCUT2D eigenvalue weighted by molar-refractivity contribution is 6.33. The lowest BCUT2D eigenvalue weighted by Crippen LogP contribution is -2.08. The molecule has 0 radical (unpaired) electrons. The quantitative estimate of drug-likeness (QED) is 0.572. The first-order chi connectivity index (χ1) is 8.63. The number of hydrogen-bond donors (Lipinski definition) is 0. The van der Waals surface area contributed by atoms with E-state index in [0.29, 0.717) is 10.9 Å². The van der Waals surface area contributed by atoms with Crippen LogP contribution in [0.15, 0.2) is 18.2 Å². The van der Waals surface area contributed by atoms with Crippen LogP contribution in [0.1, 0.15) is 50.5 Å². The highest BCUT2D eigenvalue weighted by atomic mass is 35.5. The van der Waals surface area contributed by atoms with Gasteiger partial charge in [-0.05, 0) is 36.5 Å². The Morgan fingerprint density at radius 1 is 1.17 bits per heavy atom. The number of hydrogen-bond acceptors (Lipinski definition) is 1. The van der Waals surface area contributed by atoms with E-state index in [1.165, 1.54) is 0 Å². The largest absolute Gasteiger partial charge is 0.497 e. The van der Waals surface area contributed by atoms with Crippen LogP contribution in [-0.2, 0) is 0 Å². The maximum absolute atomic E-state index is 6.61. The molecule has 1 nitrogen and oxygen atoms in total. The van der Waals surface area contributed by atoms with E-state index in [2.05, 4.69) is 13.8 Å². The van der Waals surface area contributed by atoms with Crippen molar-refractivity contribution in [2.45, 2.75) is 44.9 Å². The van der Waals surface area contributed by atoms with Crippen LogP contribution in [0.3, 0.4) is 0 Å². The highest BCUT2D eigenvalue weighted by Gasteiger charge is 2.21. The van der Waals surface area contributed by atoms with Crippen LogP contribution >= 0.6 is 23.2 Å². The summed E-state index contributed by atoms with van der Waals surface area (Å²) in [5.41, 5.74) is 1.02. The second-order valence-electron chi connectivity index (χ2n) is 4.63. The zero-order chi connectivity index (χ0) is 13.5. The fraction of sp³-hybridized carbons (Fsp3) is 0.600. The molecule has 3 heteroatoms. The van der Waals surface area contributed by atoms with E-state index in [1.54, 1.807) is 7.11 Å². The summed E-state index contributed by atoms with van der Waals surface area (Å²) in [5, 5.41) is 0.690. The summed E-state index contributed by atoms with van der Waals surface area (Å²) in [6, 6.07) is 5.74. The molecule has 0 aliphatic heterocycles. The van der Waals surface area contributed by atoms with Gasteiger partial charge in [0.2, 0.25) is 0 Å². The zero-order valence-corrected chi connectivity index (χ0v) is 12.9. The summed E-state index contributed by atoms with van der Waals surface area (Å²) >= 11 is 12.9. The van der Waals surface area contributed by atoms with E-state index in [4.69, 9.17) is 27.9 Å². The van der Waals surface area contributed by atoms with Gasteiger partial charge in [0.25, 0.3) is 0 Å². The third kappa shape index (κ3) is 4.07. The van der Waals surface area contributed by atoms with Gasteiger partial charge in [-0.15, -0.1) is 11.6 Å². The third-order valence-electron chi connectivity index (χ3n) is 3.24. The number of methoxy groups -OCH3 is 1. The van der Waals surface area contributed by atoms with E-state index in [1.807, 2.05) is 18.2 Å². The Morgan fingerprint density at radius 2 is 1.78 bits per heavy atom. The van der Waals surface area contributed by atoms with Crippen molar-refractivity contribution >= 4 is 23.2 Å². The fourth-order valence-electron chi connectivity index (χ4n) is 2.29. The topological polar surface area (TPSA) is 9.23 Å². The molecular weight excluding hydrogens is 267 g/mol. The Morgan fingerprint density at radius 3 is 2.22 bits per heavy atom. The molecule has 0 amide bonds. The van der Waals surface area contributed by atoms with Crippen LogP contribution in [-0.4, -0.2) is 7.11 Å². The summed E-state index contributed by atoms with van der Waals surface area (Å²) < 4.78 is 5.16. The molecule has 18 heavy (non-hydrogen) atoms. The Bertz CT molecular complexity index is 360. The maximum atomic E-state index is 6.61. The molecule has 1 aromatic rings. The minimum absolute atomic E-state index is 0.0108. The average molecular weight is 289 g/mol. The lowest BCUT2D eigenvalue weighted by Gasteiger charge is -2.22. The van der Waals surface area contributed by atoms with Crippen molar-refractivity contribution in [1.29, 1.82) is 0 Å². The van der Waals surface area contributed by atoms with Crippen LogP contribution in [0.4, 0.5) is 0 Å². The van der Waals surface area contributed by atoms with Crippen molar-refractivity contribution in [3.63, 3.8) is 0 Å². The molecule has 0 spiro atoms. The van der Waals surface area contributed by atoms with Gasteiger partial charge in [0.05, 0.1) is 12.5 Å². The smallest absolute Gasteiger partial charge is 0.120 e.